The Morgan fingerprint density at radius 1 is 1.33 bits per heavy atom. The van der Waals surface area contributed by atoms with Gasteiger partial charge < -0.3 is 9.84 Å². The number of carbonyl (C=O) groups is 1. The first-order valence-corrected chi connectivity index (χ1v) is 8.33. The summed E-state index contributed by atoms with van der Waals surface area (Å²) in [6, 6.07) is 0. The van der Waals surface area contributed by atoms with Crippen LogP contribution in [0.15, 0.2) is 12.2 Å². The number of hydrogen-bond donors (Lipinski definition) is 1. The quantitative estimate of drug-likeness (QED) is 0.443. The molecule has 3 saturated carbocycles. The standard InChI is InChI=1S/C18H30O3/c1-18(2)14-10-13(15(12-19)16(18)11-14)8-6-4-5-7-9-17(20)21-3/h4,6,13-16,19H,5,7-12H2,1-3H3/b6-4-. The second-order valence-corrected chi connectivity index (χ2v) is 7.38. The Balaban J connectivity index is 1.72. The van der Waals surface area contributed by atoms with Gasteiger partial charge in [-0.3, -0.25) is 4.79 Å². The summed E-state index contributed by atoms with van der Waals surface area (Å²) in [5.74, 6) is 2.55. The van der Waals surface area contributed by atoms with Crippen molar-refractivity contribution < 1.29 is 14.6 Å². The molecule has 4 atom stereocenters. The van der Waals surface area contributed by atoms with Crippen molar-refractivity contribution in [1.82, 2.24) is 0 Å². The predicted molar refractivity (Wildman–Crippen MR) is 83.7 cm³/mol. The van der Waals surface area contributed by atoms with Gasteiger partial charge >= 0.3 is 5.97 Å². The summed E-state index contributed by atoms with van der Waals surface area (Å²) in [6.45, 7) is 5.07. The smallest absolute Gasteiger partial charge is 0.305 e. The maximum Gasteiger partial charge on any atom is 0.305 e. The Hall–Kier alpha value is -0.830. The Morgan fingerprint density at radius 2 is 2.10 bits per heavy atom. The Labute approximate surface area is 128 Å². The lowest BCUT2D eigenvalue weighted by Gasteiger charge is -2.62. The SMILES string of the molecule is COC(=O)CCC/C=C\CC1CC2CC(C1CO)C2(C)C. The van der Waals surface area contributed by atoms with E-state index in [0.29, 0.717) is 36.2 Å². The molecule has 0 aromatic rings. The normalized spacial score (nSPS) is 33.7. The molecule has 0 aliphatic heterocycles. The fourth-order valence-electron chi connectivity index (χ4n) is 4.45. The molecule has 2 bridgehead atoms. The first-order valence-electron chi connectivity index (χ1n) is 8.33. The van der Waals surface area contributed by atoms with Crippen LogP contribution in [0.1, 0.15) is 52.4 Å². The minimum atomic E-state index is -0.127. The van der Waals surface area contributed by atoms with Gasteiger partial charge in [0.25, 0.3) is 0 Å². The summed E-state index contributed by atoms with van der Waals surface area (Å²) in [5.41, 5.74) is 0.439. The highest BCUT2D eigenvalue weighted by atomic mass is 16.5. The van der Waals surface area contributed by atoms with E-state index in [1.54, 1.807) is 0 Å². The van der Waals surface area contributed by atoms with Crippen molar-refractivity contribution in [3.63, 3.8) is 0 Å². The molecule has 3 aliphatic carbocycles. The zero-order chi connectivity index (χ0) is 15.5. The number of hydrogen-bond acceptors (Lipinski definition) is 3. The van der Waals surface area contributed by atoms with Crippen LogP contribution in [0.25, 0.3) is 0 Å². The van der Waals surface area contributed by atoms with Gasteiger partial charge in [-0.25, -0.2) is 0 Å². The molecule has 3 heteroatoms. The van der Waals surface area contributed by atoms with Crippen molar-refractivity contribution in [2.45, 2.75) is 52.4 Å². The van der Waals surface area contributed by atoms with Gasteiger partial charge in [-0.05, 0) is 61.2 Å². The predicted octanol–water partition coefficient (Wildman–Crippen LogP) is 3.57. The molecule has 3 rings (SSSR count). The molecule has 3 nitrogen and oxygen atoms in total. The molecule has 0 heterocycles. The zero-order valence-electron chi connectivity index (χ0n) is 13.7. The maximum absolute atomic E-state index is 11.0. The van der Waals surface area contributed by atoms with E-state index in [2.05, 4.69) is 30.7 Å². The van der Waals surface area contributed by atoms with Crippen LogP contribution in [0.4, 0.5) is 0 Å². The molecular formula is C18H30O3. The first kappa shape index (κ1) is 16.5. The lowest BCUT2D eigenvalue weighted by molar-refractivity contribution is -0.145. The zero-order valence-corrected chi connectivity index (χ0v) is 13.7. The van der Waals surface area contributed by atoms with Gasteiger partial charge in [0.15, 0.2) is 0 Å². The minimum Gasteiger partial charge on any atom is -0.469 e. The fraction of sp³-hybridized carbons (Fsp3) is 0.833. The van der Waals surface area contributed by atoms with Gasteiger partial charge in [-0.2, -0.15) is 0 Å². The second kappa shape index (κ2) is 6.95. The molecule has 3 aliphatic rings. The van der Waals surface area contributed by atoms with Crippen LogP contribution in [0, 0.1) is 29.1 Å². The number of allylic oxidation sites excluding steroid dienone is 2. The summed E-state index contributed by atoms with van der Waals surface area (Å²) >= 11 is 0. The molecule has 0 spiro atoms. The third-order valence-electron chi connectivity index (χ3n) is 6.05. The van der Waals surface area contributed by atoms with Crippen LogP contribution in [0.3, 0.4) is 0 Å². The van der Waals surface area contributed by atoms with E-state index >= 15 is 0 Å². The van der Waals surface area contributed by atoms with Crippen molar-refractivity contribution >= 4 is 5.97 Å². The number of rotatable bonds is 7. The lowest BCUT2D eigenvalue weighted by atomic mass is 9.43. The summed E-state index contributed by atoms with van der Waals surface area (Å²) in [5, 5.41) is 9.74. The monoisotopic (exact) mass is 294 g/mol. The van der Waals surface area contributed by atoms with E-state index in [-0.39, 0.29) is 5.97 Å². The van der Waals surface area contributed by atoms with Crippen molar-refractivity contribution in [1.29, 1.82) is 0 Å². The van der Waals surface area contributed by atoms with E-state index in [1.165, 1.54) is 20.0 Å². The molecule has 0 aromatic heterocycles. The highest BCUT2D eigenvalue weighted by Crippen LogP contribution is 2.63. The molecule has 0 saturated heterocycles. The van der Waals surface area contributed by atoms with Gasteiger partial charge in [0.05, 0.1) is 7.11 Å². The Morgan fingerprint density at radius 3 is 2.71 bits per heavy atom. The van der Waals surface area contributed by atoms with Crippen LogP contribution >= 0.6 is 0 Å². The number of ether oxygens (including phenoxy) is 1. The summed E-state index contributed by atoms with van der Waals surface area (Å²) < 4.78 is 4.63. The fourth-order valence-corrected chi connectivity index (χ4v) is 4.45. The van der Waals surface area contributed by atoms with Crippen LogP contribution < -0.4 is 0 Å². The molecule has 21 heavy (non-hydrogen) atoms. The van der Waals surface area contributed by atoms with Crippen LogP contribution in [0.5, 0.6) is 0 Å². The van der Waals surface area contributed by atoms with Crippen molar-refractivity contribution in [2.24, 2.45) is 29.1 Å². The highest BCUT2D eigenvalue weighted by molar-refractivity contribution is 5.69. The van der Waals surface area contributed by atoms with E-state index in [9.17, 15) is 9.90 Å². The molecule has 0 amide bonds. The Kier molecular flexibility index (Phi) is 5.48. The molecule has 0 radical (unpaired) electrons. The van der Waals surface area contributed by atoms with Crippen LogP contribution in [0.2, 0.25) is 0 Å². The number of aliphatic hydroxyl groups excluding tert-OH is 1. The van der Waals surface area contributed by atoms with Crippen molar-refractivity contribution in [3.8, 4) is 0 Å². The Bertz CT molecular complexity index is 386. The molecule has 3 fully saturated rings. The number of fused-ring (bicyclic) bond motifs is 2. The summed E-state index contributed by atoms with van der Waals surface area (Å²) in [6.07, 6.45) is 10.4. The van der Waals surface area contributed by atoms with Gasteiger partial charge in [-0.1, -0.05) is 26.0 Å². The molecule has 0 aromatic carbocycles. The average molecular weight is 294 g/mol. The van der Waals surface area contributed by atoms with Crippen LogP contribution in [-0.2, 0) is 9.53 Å². The summed E-state index contributed by atoms with van der Waals surface area (Å²) in [4.78, 5) is 11.0. The first-order chi connectivity index (χ1) is 10.0. The number of methoxy groups -OCH3 is 1. The van der Waals surface area contributed by atoms with E-state index in [4.69, 9.17) is 0 Å². The second-order valence-electron chi connectivity index (χ2n) is 7.38. The van der Waals surface area contributed by atoms with E-state index in [0.717, 1.165) is 25.2 Å². The largest absolute Gasteiger partial charge is 0.469 e. The topological polar surface area (TPSA) is 46.5 Å². The average Bonchev–Trinajstić information content (AvgIpc) is 2.49. The third kappa shape index (κ3) is 3.50. The lowest BCUT2D eigenvalue weighted by Crippen LogP contribution is -2.56. The molecule has 120 valence electrons. The molecule has 4 unspecified atom stereocenters. The highest BCUT2D eigenvalue weighted by Gasteiger charge is 2.56. The number of unbranched alkanes of at least 4 members (excludes halogenated alkanes) is 1. The van der Waals surface area contributed by atoms with Gasteiger partial charge in [-0.15, -0.1) is 0 Å². The van der Waals surface area contributed by atoms with Crippen LogP contribution in [-0.4, -0.2) is 24.8 Å². The number of carbonyl (C=O) groups excluding carboxylic acids is 1. The van der Waals surface area contributed by atoms with E-state index < -0.39 is 0 Å². The van der Waals surface area contributed by atoms with Gasteiger partial charge in [0.1, 0.15) is 0 Å². The summed E-state index contributed by atoms with van der Waals surface area (Å²) in [7, 11) is 1.43. The maximum atomic E-state index is 11.0. The third-order valence-corrected chi connectivity index (χ3v) is 6.05. The molecular weight excluding hydrogens is 264 g/mol. The molecule has 1 N–H and O–H groups in total. The minimum absolute atomic E-state index is 0.127. The number of aliphatic hydroxyl groups is 1. The van der Waals surface area contributed by atoms with Gasteiger partial charge in [0, 0.05) is 13.0 Å². The van der Waals surface area contributed by atoms with Crippen molar-refractivity contribution in [2.75, 3.05) is 13.7 Å². The van der Waals surface area contributed by atoms with Crippen molar-refractivity contribution in [3.05, 3.63) is 12.2 Å². The number of esters is 1. The van der Waals surface area contributed by atoms with E-state index in [1.807, 2.05) is 0 Å². The van der Waals surface area contributed by atoms with Gasteiger partial charge in [0.2, 0.25) is 0 Å².